The van der Waals surface area contributed by atoms with Crippen molar-refractivity contribution in [3.8, 4) is 0 Å². The maximum absolute atomic E-state index is 11.1. The molecule has 0 rings (SSSR count). The lowest BCUT2D eigenvalue weighted by Gasteiger charge is -2.16. The normalized spacial score (nSPS) is 9.82. The molecule has 11 heavy (non-hydrogen) atoms. The van der Waals surface area contributed by atoms with Gasteiger partial charge in [0.1, 0.15) is 6.29 Å². The van der Waals surface area contributed by atoms with E-state index in [4.69, 9.17) is 0 Å². The quantitative estimate of drug-likeness (QED) is 0.503. The van der Waals surface area contributed by atoms with Gasteiger partial charge >= 0.3 is 0 Å². The summed E-state index contributed by atoms with van der Waals surface area (Å²) in [6.07, 6.45) is 0.716. The van der Waals surface area contributed by atoms with Crippen molar-refractivity contribution in [3.63, 3.8) is 0 Å². The largest absolute Gasteiger partial charge is 0.338 e. The van der Waals surface area contributed by atoms with Gasteiger partial charge < -0.3 is 14.6 Å². The summed E-state index contributed by atoms with van der Waals surface area (Å²) in [7, 11) is 5.24. The number of aldehydes is 1. The fourth-order valence-corrected chi connectivity index (χ4v) is 0.605. The first-order chi connectivity index (χ1) is 5.07. The molecule has 0 atom stereocenters. The molecule has 0 aliphatic rings. The Morgan fingerprint density at radius 1 is 1.36 bits per heavy atom. The van der Waals surface area contributed by atoms with Crippen molar-refractivity contribution >= 4 is 12.2 Å². The summed E-state index contributed by atoms with van der Waals surface area (Å²) < 4.78 is 0. The highest BCUT2D eigenvalue weighted by Gasteiger charge is 2.07. The molecule has 0 fully saturated rings. The van der Waals surface area contributed by atoms with Crippen LogP contribution in [-0.2, 0) is 9.59 Å². The minimum atomic E-state index is -0.0397. The smallest absolute Gasteiger partial charge is 0.236 e. The van der Waals surface area contributed by atoms with Gasteiger partial charge in [-0.25, -0.2) is 0 Å². The molecule has 0 bridgehead atoms. The SMILES string of the molecule is CN(C)CC(=O)N(C)CC=O. The van der Waals surface area contributed by atoms with Gasteiger partial charge in [-0.15, -0.1) is 0 Å². The first-order valence-corrected chi connectivity index (χ1v) is 3.40. The van der Waals surface area contributed by atoms with E-state index in [0.29, 0.717) is 12.8 Å². The number of hydrogen-bond acceptors (Lipinski definition) is 3. The second kappa shape index (κ2) is 4.85. The van der Waals surface area contributed by atoms with E-state index in [1.54, 1.807) is 11.9 Å². The maximum atomic E-state index is 11.1. The van der Waals surface area contributed by atoms with Crippen LogP contribution in [-0.4, -0.2) is 56.2 Å². The Kier molecular flexibility index (Phi) is 4.45. The van der Waals surface area contributed by atoms with Gasteiger partial charge in [-0.1, -0.05) is 0 Å². The monoisotopic (exact) mass is 158 g/mol. The van der Waals surface area contributed by atoms with E-state index >= 15 is 0 Å². The Hall–Kier alpha value is -0.900. The summed E-state index contributed by atoms with van der Waals surface area (Å²) in [5, 5.41) is 0. The van der Waals surface area contributed by atoms with Crippen molar-refractivity contribution in [1.29, 1.82) is 0 Å². The zero-order valence-corrected chi connectivity index (χ0v) is 7.20. The third-order valence-electron chi connectivity index (χ3n) is 1.23. The molecule has 0 saturated carbocycles. The highest BCUT2D eigenvalue weighted by atomic mass is 16.2. The van der Waals surface area contributed by atoms with Crippen LogP contribution < -0.4 is 0 Å². The first-order valence-electron chi connectivity index (χ1n) is 3.40. The van der Waals surface area contributed by atoms with E-state index in [9.17, 15) is 9.59 Å². The number of hydrogen-bond donors (Lipinski definition) is 0. The van der Waals surface area contributed by atoms with Crippen molar-refractivity contribution in [2.75, 3.05) is 34.2 Å². The van der Waals surface area contributed by atoms with Crippen molar-refractivity contribution in [1.82, 2.24) is 9.80 Å². The minimum Gasteiger partial charge on any atom is -0.338 e. The molecule has 4 heteroatoms. The topological polar surface area (TPSA) is 40.6 Å². The van der Waals surface area contributed by atoms with Crippen molar-refractivity contribution in [3.05, 3.63) is 0 Å². The van der Waals surface area contributed by atoms with E-state index in [0.717, 1.165) is 0 Å². The lowest BCUT2D eigenvalue weighted by atomic mass is 10.5. The zero-order chi connectivity index (χ0) is 8.85. The number of nitrogens with zero attached hydrogens (tertiary/aromatic N) is 2. The molecule has 0 aliphatic carbocycles. The van der Waals surface area contributed by atoms with Crippen molar-refractivity contribution < 1.29 is 9.59 Å². The highest BCUT2D eigenvalue weighted by molar-refractivity contribution is 5.79. The number of carbonyl (C=O) groups is 2. The van der Waals surface area contributed by atoms with Gasteiger partial charge in [0.05, 0.1) is 13.1 Å². The summed E-state index contributed by atoms with van der Waals surface area (Å²) in [6.45, 7) is 0.525. The van der Waals surface area contributed by atoms with Crippen LogP contribution in [0.3, 0.4) is 0 Å². The lowest BCUT2D eigenvalue weighted by molar-refractivity contribution is -0.132. The Morgan fingerprint density at radius 3 is 2.27 bits per heavy atom. The number of likely N-dealkylation sites (N-methyl/N-ethyl adjacent to an activating group) is 2. The Balaban J connectivity index is 3.72. The van der Waals surface area contributed by atoms with Crippen LogP contribution in [0.1, 0.15) is 0 Å². The van der Waals surface area contributed by atoms with Gasteiger partial charge in [-0.3, -0.25) is 4.79 Å². The number of rotatable bonds is 4. The molecule has 1 amide bonds. The van der Waals surface area contributed by atoms with E-state index in [1.807, 2.05) is 14.1 Å². The molecule has 0 aromatic carbocycles. The third kappa shape index (κ3) is 4.50. The molecular weight excluding hydrogens is 144 g/mol. The average molecular weight is 158 g/mol. The van der Waals surface area contributed by atoms with Crippen LogP contribution in [0, 0.1) is 0 Å². The summed E-state index contributed by atoms with van der Waals surface area (Å²) in [6, 6.07) is 0. The van der Waals surface area contributed by atoms with Gasteiger partial charge in [-0.05, 0) is 14.1 Å². The van der Waals surface area contributed by atoms with E-state index in [1.165, 1.54) is 4.90 Å². The van der Waals surface area contributed by atoms with E-state index in [-0.39, 0.29) is 12.5 Å². The van der Waals surface area contributed by atoms with Crippen LogP contribution in [0.2, 0.25) is 0 Å². The molecule has 0 unspecified atom stereocenters. The van der Waals surface area contributed by atoms with Crippen LogP contribution in [0.15, 0.2) is 0 Å². The summed E-state index contributed by atoms with van der Waals surface area (Å²) >= 11 is 0. The van der Waals surface area contributed by atoms with E-state index < -0.39 is 0 Å². The molecule has 64 valence electrons. The van der Waals surface area contributed by atoms with Crippen molar-refractivity contribution in [2.24, 2.45) is 0 Å². The second-order valence-electron chi connectivity index (χ2n) is 2.68. The highest BCUT2D eigenvalue weighted by Crippen LogP contribution is 1.84. The fraction of sp³-hybridized carbons (Fsp3) is 0.714. The Bertz CT molecular complexity index is 145. The first kappa shape index (κ1) is 10.1. The zero-order valence-electron chi connectivity index (χ0n) is 7.20. The standard InChI is InChI=1S/C7H14N2O2/c1-8(2)6-7(11)9(3)4-5-10/h5H,4,6H2,1-3H3. The van der Waals surface area contributed by atoms with Gasteiger partial charge in [0.15, 0.2) is 0 Å². The van der Waals surface area contributed by atoms with Crippen LogP contribution in [0.5, 0.6) is 0 Å². The molecular formula is C7H14N2O2. The predicted molar refractivity (Wildman–Crippen MR) is 42.3 cm³/mol. The van der Waals surface area contributed by atoms with Crippen LogP contribution >= 0.6 is 0 Å². The molecule has 0 N–H and O–H groups in total. The molecule has 0 saturated heterocycles. The number of carbonyl (C=O) groups excluding carboxylic acids is 2. The predicted octanol–water partition coefficient (Wildman–Crippen LogP) is -0.795. The molecule has 0 aliphatic heterocycles. The fourth-order valence-electron chi connectivity index (χ4n) is 0.605. The molecule has 0 spiro atoms. The minimum absolute atomic E-state index is 0.0397. The molecule has 0 radical (unpaired) electrons. The summed E-state index contributed by atoms with van der Waals surface area (Å²) in [4.78, 5) is 24.2. The second-order valence-corrected chi connectivity index (χ2v) is 2.68. The Labute approximate surface area is 66.8 Å². The van der Waals surface area contributed by atoms with Crippen LogP contribution in [0.4, 0.5) is 0 Å². The molecule has 4 nitrogen and oxygen atoms in total. The van der Waals surface area contributed by atoms with Gasteiger partial charge in [0.2, 0.25) is 5.91 Å². The molecule has 0 heterocycles. The Morgan fingerprint density at radius 2 is 1.91 bits per heavy atom. The van der Waals surface area contributed by atoms with Gasteiger partial charge in [-0.2, -0.15) is 0 Å². The van der Waals surface area contributed by atoms with Crippen molar-refractivity contribution in [2.45, 2.75) is 0 Å². The summed E-state index contributed by atoms with van der Waals surface area (Å²) in [5.74, 6) is -0.0397. The lowest BCUT2D eigenvalue weighted by Crippen LogP contribution is -2.35. The van der Waals surface area contributed by atoms with Gasteiger partial charge in [0.25, 0.3) is 0 Å². The molecule has 0 aromatic heterocycles. The summed E-state index contributed by atoms with van der Waals surface area (Å²) in [5.41, 5.74) is 0. The van der Waals surface area contributed by atoms with Crippen LogP contribution in [0.25, 0.3) is 0 Å². The maximum Gasteiger partial charge on any atom is 0.236 e. The molecule has 0 aromatic rings. The average Bonchev–Trinajstić information content (AvgIpc) is 1.86. The third-order valence-corrected chi connectivity index (χ3v) is 1.23. The van der Waals surface area contributed by atoms with Gasteiger partial charge in [0, 0.05) is 7.05 Å². The van der Waals surface area contributed by atoms with E-state index in [2.05, 4.69) is 0 Å². The number of amides is 1.